The molecule has 0 bridgehead atoms. The van der Waals surface area contributed by atoms with E-state index in [1.807, 2.05) is 0 Å². The largest absolute Gasteiger partial charge is 0.314 e. The zero-order chi connectivity index (χ0) is 11.5. The van der Waals surface area contributed by atoms with Gasteiger partial charge in [0.05, 0.1) is 0 Å². The minimum Gasteiger partial charge on any atom is -0.314 e. The van der Waals surface area contributed by atoms with Gasteiger partial charge in [-0.2, -0.15) is 0 Å². The van der Waals surface area contributed by atoms with Crippen molar-refractivity contribution in [3.63, 3.8) is 0 Å². The number of hydrogen-bond acceptors (Lipinski definition) is 3. The van der Waals surface area contributed by atoms with Gasteiger partial charge < -0.3 is 10.6 Å². The number of rotatable bonds is 2. The smallest absolute Gasteiger partial charge is 0.0200 e. The summed E-state index contributed by atoms with van der Waals surface area (Å²) in [5, 5.41) is 7.21. The molecule has 4 unspecified atom stereocenters. The van der Waals surface area contributed by atoms with E-state index in [1.54, 1.807) is 0 Å². The molecule has 3 nitrogen and oxygen atoms in total. The van der Waals surface area contributed by atoms with Crippen LogP contribution in [0.4, 0.5) is 0 Å². The van der Waals surface area contributed by atoms with Crippen molar-refractivity contribution in [2.75, 3.05) is 26.2 Å². The molecule has 3 heteroatoms. The monoisotopic (exact) mass is 225 g/mol. The highest BCUT2D eigenvalue weighted by molar-refractivity contribution is 4.86. The Labute approximate surface area is 100.0 Å². The number of hydrogen-bond donors (Lipinski definition) is 2. The van der Waals surface area contributed by atoms with Gasteiger partial charge in [-0.1, -0.05) is 6.92 Å². The average molecular weight is 225 g/mol. The lowest BCUT2D eigenvalue weighted by Gasteiger charge is -2.40. The van der Waals surface area contributed by atoms with Gasteiger partial charge >= 0.3 is 0 Å². The Morgan fingerprint density at radius 2 is 2.00 bits per heavy atom. The Balaban J connectivity index is 1.83. The van der Waals surface area contributed by atoms with Crippen LogP contribution in [0.1, 0.15) is 33.6 Å². The number of piperazine rings is 1. The van der Waals surface area contributed by atoms with E-state index >= 15 is 0 Å². The molecule has 16 heavy (non-hydrogen) atoms. The van der Waals surface area contributed by atoms with E-state index in [0.717, 1.165) is 19.0 Å². The van der Waals surface area contributed by atoms with Crippen molar-refractivity contribution in [3.8, 4) is 0 Å². The third-order valence-electron chi connectivity index (χ3n) is 4.06. The lowest BCUT2D eigenvalue weighted by molar-refractivity contribution is 0.131. The van der Waals surface area contributed by atoms with Crippen LogP contribution in [0, 0.1) is 5.92 Å². The fourth-order valence-electron chi connectivity index (χ4n) is 3.29. The number of nitrogens with one attached hydrogen (secondary N) is 2. The molecular weight excluding hydrogens is 198 g/mol. The molecule has 94 valence electrons. The van der Waals surface area contributed by atoms with Crippen LogP contribution in [0.25, 0.3) is 0 Å². The van der Waals surface area contributed by atoms with Crippen molar-refractivity contribution in [1.82, 2.24) is 15.5 Å². The summed E-state index contributed by atoms with van der Waals surface area (Å²) in [5.74, 6) is 0.888. The van der Waals surface area contributed by atoms with Crippen LogP contribution in [0.15, 0.2) is 0 Å². The van der Waals surface area contributed by atoms with Gasteiger partial charge in [0.2, 0.25) is 0 Å². The summed E-state index contributed by atoms with van der Waals surface area (Å²) in [7, 11) is 0. The van der Waals surface area contributed by atoms with Crippen molar-refractivity contribution >= 4 is 0 Å². The fraction of sp³-hybridized carbons (Fsp3) is 1.00. The van der Waals surface area contributed by atoms with Gasteiger partial charge in [0, 0.05) is 44.3 Å². The van der Waals surface area contributed by atoms with Crippen molar-refractivity contribution in [1.29, 1.82) is 0 Å². The highest BCUT2D eigenvalue weighted by atomic mass is 15.2. The maximum absolute atomic E-state index is 3.75. The van der Waals surface area contributed by atoms with Crippen LogP contribution in [0.2, 0.25) is 0 Å². The molecule has 2 aliphatic heterocycles. The Morgan fingerprint density at radius 1 is 1.19 bits per heavy atom. The van der Waals surface area contributed by atoms with Gasteiger partial charge in [0.15, 0.2) is 0 Å². The minimum absolute atomic E-state index is 0.697. The Kier molecular flexibility index (Phi) is 4.22. The molecule has 2 aliphatic rings. The molecule has 0 aromatic carbocycles. The first-order valence-electron chi connectivity index (χ1n) is 6.86. The van der Waals surface area contributed by atoms with Crippen LogP contribution in [-0.2, 0) is 0 Å². The van der Waals surface area contributed by atoms with Crippen LogP contribution in [-0.4, -0.2) is 49.2 Å². The summed E-state index contributed by atoms with van der Waals surface area (Å²) in [6.07, 6.45) is 2.69. The lowest BCUT2D eigenvalue weighted by atomic mass is 9.89. The molecule has 0 radical (unpaired) electrons. The first-order valence-corrected chi connectivity index (χ1v) is 6.86. The van der Waals surface area contributed by atoms with Crippen LogP contribution in [0.5, 0.6) is 0 Å². The molecule has 2 rings (SSSR count). The minimum atomic E-state index is 0.697. The summed E-state index contributed by atoms with van der Waals surface area (Å²) in [4.78, 5) is 2.64. The first kappa shape index (κ1) is 12.3. The van der Waals surface area contributed by atoms with Gasteiger partial charge in [-0.3, -0.25) is 4.90 Å². The standard InChI is InChI=1S/C13H27N3/c1-10-6-11(2)15-13(7-10)9-16-5-4-14-8-12(16)3/h10-15H,4-9H2,1-3H3. The van der Waals surface area contributed by atoms with Crippen molar-refractivity contribution in [2.24, 2.45) is 5.92 Å². The average Bonchev–Trinajstić information content (AvgIpc) is 2.20. The van der Waals surface area contributed by atoms with Gasteiger partial charge in [0.1, 0.15) is 0 Å². The van der Waals surface area contributed by atoms with E-state index in [2.05, 4.69) is 36.3 Å². The lowest BCUT2D eigenvalue weighted by Crippen LogP contribution is -2.56. The molecule has 2 fully saturated rings. The fourth-order valence-corrected chi connectivity index (χ4v) is 3.29. The maximum atomic E-state index is 3.75. The van der Waals surface area contributed by atoms with E-state index < -0.39 is 0 Å². The second kappa shape index (κ2) is 5.48. The van der Waals surface area contributed by atoms with Gasteiger partial charge in [-0.15, -0.1) is 0 Å². The number of piperidine rings is 1. The third kappa shape index (κ3) is 3.19. The highest BCUT2D eigenvalue weighted by Gasteiger charge is 2.27. The van der Waals surface area contributed by atoms with E-state index in [0.29, 0.717) is 18.1 Å². The predicted octanol–water partition coefficient (Wildman–Crippen LogP) is 1.06. The van der Waals surface area contributed by atoms with E-state index in [9.17, 15) is 0 Å². The van der Waals surface area contributed by atoms with E-state index in [-0.39, 0.29) is 0 Å². The van der Waals surface area contributed by atoms with E-state index in [4.69, 9.17) is 0 Å². The molecule has 0 saturated carbocycles. The molecule has 4 atom stereocenters. The predicted molar refractivity (Wildman–Crippen MR) is 68.7 cm³/mol. The van der Waals surface area contributed by atoms with Crippen LogP contribution >= 0.6 is 0 Å². The molecular formula is C13H27N3. The zero-order valence-electron chi connectivity index (χ0n) is 11.0. The van der Waals surface area contributed by atoms with Crippen molar-refractivity contribution < 1.29 is 0 Å². The zero-order valence-corrected chi connectivity index (χ0v) is 11.0. The van der Waals surface area contributed by atoms with Crippen molar-refractivity contribution in [3.05, 3.63) is 0 Å². The molecule has 2 N–H and O–H groups in total. The second-order valence-corrected chi connectivity index (χ2v) is 5.89. The molecule has 0 aliphatic carbocycles. The highest BCUT2D eigenvalue weighted by Crippen LogP contribution is 2.20. The Hall–Kier alpha value is -0.120. The summed E-state index contributed by atoms with van der Waals surface area (Å²) in [6, 6.07) is 2.11. The SMILES string of the molecule is CC1CC(C)NC(CN2CCNCC2C)C1. The molecule has 0 spiro atoms. The summed E-state index contributed by atoms with van der Waals surface area (Å²) in [6.45, 7) is 11.8. The quantitative estimate of drug-likeness (QED) is 0.736. The van der Waals surface area contributed by atoms with Crippen molar-refractivity contribution in [2.45, 2.75) is 51.7 Å². The summed E-state index contributed by atoms with van der Waals surface area (Å²) >= 11 is 0. The topological polar surface area (TPSA) is 27.3 Å². The van der Waals surface area contributed by atoms with Gasteiger partial charge in [-0.05, 0) is 32.6 Å². The molecule has 0 amide bonds. The van der Waals surface area contributed by atoms with Gasteiger partial charge in [0.25, 0.3) is 0 Å². The van der Waals surface area contributed by atoms with Crippen LogP contribution < -0.4 is 10.6 Å². The molecule has 2 heterocycles. The number of nitrogens with zero attached hydrogens (tertiary/aromatic N) is 1. The molecule has 2 saturated heterocycles. The Bertz CT molecular complexity index is 209. The second-order valence-electron chi connectivity index (χ2n) is 5.89. The maximum Gasteiger partial charge on any atom is 0.0200 e. The molecule has 0 aromatic rings. The normalized spacial score (nSPS) is 42.2. The van der Waals surface area contributed by atoms with Gasteiger partial charge in [-0.25, -0.2) is 0 Å². The molecule has 0 aromatic heterocycles. The van der Waals surface area contributed by atoms with E-state index in [1.165, 1.54) is 25.9 Å². The Morgan fingerprint density at radius 3 is 2.69 bits per heavy atom. The van der Waals surface area contributed by atoms with Crippen LogP contribution in [0.3, 0.4) is 0 Å². The summed E-state index contributed by atoms with van der Waals surface area (Å²) < 4.78 is 0. The first-order chi connectivity index (χ1) is 7.65. The third-order valence-corrected chi connectivity index (χ3v) is 4.06. The summed E-state index contributed by atoms with van der Waals surface area (Å²) in [5.41, 5.74) is 0.